The van der Waals surface area contributed by atoms with Gasteiger partial charge in [0.15, 0.2) is 0 Å². The van der Waals surface area contributed by atoms with E-state index in [0.29, 0.717) is 30.5 Å². The number of ketones is 1. The van der Waals surface area contributed by atoms with Crippen LogP contribution < -0.4 is 5.32 Å². The first-order valence-corrected chi connectivity index (χ1v) is 11.3. The van der Waals surface area contributed by atoms with Crippen LogP contribution in [0.3, 0.4) is 0 Å². The molecule has 1 atom stereocenters. The second-order valence-electron chi connectivity index (χ2n) is 8.40. The van der Waals surface area contributed by atoms with Gasteiger partial charge in [0.25, 0.3) is 11.7 Å². The number of likely N-dealkylation sites (tertiary alicyclic amines) is 1. The third kappa shape index (κ3) is 4.55. The Morgan fingerprint density at radius 1 is 1.31 bits per heavy atom. The average molecular weight is 474 g/mol. The number of fused-ring (bicyclic) bond motifs is 1. The van der Waals surface area contributed by atoms with E-state index in [1.54, 1.807) is 18.5 Å². The number of amides is 2. The SMILES string of the molecule is CCC1CC(=C(C#N)c2cccnc2)CCN1C(=O)C(=O)c1c[nH]c2c(NC(C)=O)ccc(F)c12. The van der Waals surface area contributed by atoms with Crippen LogP contribution in [0.4, 0.5) is 10.1 Å². The first-order chi connectivity index (χ1) is 16.8. The predicted molar refractivity (Wildman–Crippen MR) is 129 cm³/mol. The second-order valence-corrected chi connectivity index (χ2v) is 8.40. The molecule has 4 rings (SSSR count). The average Bonchev–Trinajstić information content (AvgIpc) is 3.32. The number of halogens is 1. The van der Waals surface area contributed by atoms with Crippen molar-refractivity contribution in [3.05, 3.63) is 65.4 Å². The molecular formula is C26H24FN5O3. The molecule has 1 unspecified atom stereocenters. The quantitative estimate of drug-likeness (QED) is 0.327. The van der Waals surface area contributed by atoms with E-state index in [-0.39, 0.29) is 35.0 Å². The number of aromatic nitrogens is 2. The number of carbonyl (C=O) groups is 3. The number of anilines is 1. The number of rotatable bonds is 5. The summed E-state index contributed by atoms with van der Waals surface area (Å²) < 4.78 is 14.7. The molecule has 8 nitrogen and oxygen atoms in total. The molecule has 1 fully saturated rings. The fourth-order valence-corrected chi connectivity index (χ4v) is 4.58. The molecule has 0 radical (unpaired) electrons. The summed E-state index contributed by atoms with van der Waals surface area (Å²) >= 11 is 0. The maximum Gasteiger partial charge on any atom is 0.295 e. The Morgan fingerprint density at radius 3 is 2.77 bits per heavy atom. The van der Waals surface area contributed by atoms with Crippen molar-refractivity contribution in [1.29, 1.82) is 5.26 Å². The van der Waals surface area contributed by atoms with E-state index in [1.165, 1.54) is 24.1 Å². The summed E-state index contributed by atoms with van der Waals surface area (Å²) in [5.74, 6) is -2.56. The first kappa shape index (κ1) is 23.8. The number of hydrogen-bond acceptors (Lipinski definition) is 5. The zero-order valence-electron chi connectivity index (χ0n) is 19.4. The summed E-state index contributed by atoms with van der Waals surface area (Å²) in [6, 6.07) is 8.11. The van der Waals surface area contributed by atoms with E-state index < -0.39 is 17.5 Å². The van der Waals surface area contributed by atoms with Crippen LogP contribution in [0.15, 0.2) is 48.4 Å². The number of pyridine rings is 1. The van der Waals surface area contributed by atoms with E-state index in [2.05, 4.69) is 21.4 Å². The molecule has 178 valence electrons. The highest BCUT2D eigenvalue weighted by molar-refractivity contribution is 6.45. The number of H-pyrrole nitrogens is 1. The minimum atomic E-state index is -0.825. The molecule has 0 bridgehead atoms. The van der Waals surface area contributed by atoms with Crippen molar-refractivity contribution < 1.29 is 18.8 Å². The molecule has 2 N–H and O–H groups in total. The molecule has 0 spiro atoms. The smallest absolute Gasteiger partial charge is 0.295 e. The minimum absolute atomic E-state index is 0.0383. The van der Waals surface area contributed by atoms with Gasteiger partial charge in [0.1, 0.15) is 5.82 Å². The second kappa shape index (κ2) is 9.89. The van der Waals surface area contributed by atoms with Crippen LogP contribution in [0.25, 0.3) is 16.5 Å². The number of nitrogens with one attached hydrogen (secondary N) is 2. The van der Waals surface area contributed by atoms with Crippen LogP contribution in [-0.2, 0) is 9.59 Å². The summed E-state index contributed by atoms with van der Waals surface area (Å²) in [4.78, 5) is 46.4. The van der Waals surface area contributed by atoms with Gasteiger partial charge in [0, 0.05) is 49.1 Å². The van der Waals surface area contributed by atoms with Gasteiger partial charge in [0.05, 0.1) is 28.4 Å². The van der Waals surface area contributed by atoms with Gasteiger partial charge < -0.3 is 15.2 Å². The standard InChI is InChI=1S/C26H24FN5O3/c1-3-18-11-16(19(12-28)17-5-4-9-29-13-17)8-10-32(18)26(35)25(34)20-14-30-24-22(31-15(2)33)7-6-21(27)23(20)24/h4-7,9,13-14,18,30H,3,8,10-11H2,1-2H3,(H,31,33). The largest absolute Gasteiger partial charge is 0.359 e. The third-order valence-electron chi connectivity index (χ3n) is 6.26. The summed E-state index contributed by atoms with van der Waals surface area (Å²) in [6.45, 7) is 3.51. The third-order valence-corrected chi connectivity index (χ3v) is 6.26. The lowest BCUT2D eigenvalue weighted by Crippen LogP contribution is -2.47. The summed E-state index contributed by atoms with van der Waals surface area (Å²) in [5, 5.41) is 12.3. The number of piperidine rings is 1. The van der Waals surface area contributed by atoms with Crippen molar-refractivity contribution in [1.82, 2.24) is 14.9 Å². The van der Waals surface area contributed by atoms with Crippen LogP contribution in [-0.4, -0.2) is 45.1 Å². The summed E-state index contributed by atoms with van der Waals surface area (Å²) in [6.07, 6.45) is 6.06. The van der Waals surface area contributed by atoms with Crippen LogP contribution in [0.1, 0.15) is 49.0 Å². The fourth-order valence-electron chi connectivity index (χ4n) is 4.58. The van der Waals surface area contributed by atoms with E-state index in [4.69, 9.17) is 0 Å². The number of hydrogen-bond donors (Lipinski definition) is 2. The molecule has 9 heteroatoms. The zero-order valence-corrected chi connectivity index (χ0v) is 19.4. The van der Waals surface area contributed by atoms with Crippen LogP contribution in [0.2, 0.25) is 0 Å². The van der Waals surface area contributed by atoms with E-state index in [9.17, 15) is 24.0 Å². The van der Waals surface area contributed by atoms with Gasteiger partial charge >= 0.3 is 0 Å². The molecular weight excluding hydrogens is 449 g/mol. The Hall–Kier alpha value is -4.32. The number of allylic oxidation sites excluding steroid dienone is 1. The number of Topliss-reactive ketones (excluding diaryl/α,β-unsaturated/α-hetero) is 1. The van der Waals surface area contributed by atoms with Gasteiger partial charge in [-0.15, -0.1) is 0 Å². The highest BCUT2D eigenvalue weighted by Crippen LogP contribution is 2.33. The van der Waals surface area contributed by atoms with Gasteiger partial charge in [-0.25, -0.2) is 4.39 Å². The lowest BCUT2D eigenvalue weighted by atomic mass is 9.89. The van der Waals surface area contributed by atoms with Crippen molar-refractivity contribution in [2.75, 3.05) is 11.9 Å². The molecule has 0 saturated carbocycles. The van der Waals surface area contributed by atoms with E-state index >= 15 is 0 Å². The molecule has 2 amide bonds. The van der Waals surface area contributed by atoms with Crippen molar-refractivity contribution in [2.24, 2.45) is 0 Å². The van der Waals surface area contributed by atoms with Gasteiger partial charge in [-0.2, -0.15) is 5.26 Å². The van der Waals surface area contributed by atoms with Gasteiger partial charge in [-0.3, -0.25) is 19.4 Å². The molecule has 3 heterocycles. The topological polar surface area (TPSA) is 119 Å². The minimum Gasteiger partial charge on any atom is -0.359 e. The molecule has 35 heavy (non-hydrogen) atoms. The monoisotopic (exact) mass is 473 g/mol. The van der Waals surface area contributed by atoms with Gasteiger partial charge in [-0.05, 0) is 43.0 Å². The lowest BCUT2D eigenvalue weighted by molar-refractivity contribution is -0.129. The zero-order chi connectivity index (χ0) is 25.1. The Morgan fingerprint density at radius 2 is 2.11 bits per heavy atom. The highest BCUT2D eigenvalue weighted by atomic mass is 19.1. The Balaban J connectivity index is 1.62. The molecule has 3 aromatic rings. The first-order valence-electron chi connectivity index (χ1n) is 11.3. The molecule has 2 aromatic heterocycles. The van der Waals surface area contributed by atoms with Crippen molar-refractivity contribution in [3.8, 4) is 6.07 Å². The van der Waals surface area contributed by atoms with Crippen LogP contribution in [0, 0.1) is 17.1 Å². The molecule has 1 saturated heterocycles. The Bertz CT molecular complexity index is 1390. The van der Waals surface area contributed by atoms with Crippen molar-refractivity contribution in [3.63, 3.8) is 0 Å². The Labute approximate surface area is 201 Å². The molecule has 1 aromatic carbocycles. The predicted octanol–water partition coefficient (Wildman–Crippen LogP) is 4.22. The highest BCUT2D eigenvalue weighted by Gasteiger charge is 2.34. The van der Waals surface area contributed by atoms with Crippen LogP contribution >= 0.6 is 0 Å². The normalized spacial score (nSPS) is 17.1. The maximum absolute atomic E-state index is 14.7. The number of nitrogens with zero attached hydrogens (tertiary/aromatic N) is 3. The number of carbonyl (C=O) groups excluding carboxylic acids is 3. The lowest BCUT2D eigenvalue weighted by Gasteiger charge is -2.36. The molecule has 1 aliphatic rings. The number of benzene rings is 1. The van der Waals surface area contributed by atoms with Gasteiger partial charge in [-0.1, -0.05) is 13.0 Å². The van der Waals surface area contributed by atoms with E-state index in [1.807, 2.05) is 13.0 Å². The van der Waals surface area contributed by atoms with E-state index in [0.717, 1.165) is 17.2 Å². The maximum atomic E-state index is 14.7. The van der Waals surface area contributed by atoms with Crippen LogP contribution in [0.5, 0.6) is 0 Å². The van der Waals surface area contributed by atoms with Gasteiger partial charge in [0.2, 0.25) is 5.91 Å². The van der Waals surface area contributed by atoms with Crippen molar-refractivity contribution >= 4 is 39.8 Å². The summed E-state index contributed by atoms with van der Waals surface area (Å²) in [5.41, 5.74) is 2.65. The number of aromatic amines is 1. The summed E-state index contributed by atoms with van der Waals surface area (Å²) in [7, 11) is 0. The number of nitriles is 1. The molecule has 1 aliphatic heterocycles. The Kier molecular flexibility index (Phi) is 6.73. The molecule has 0 aliphatic carbocycles. The van der Waals surface area contributed by atoms with Crippen molar-refractivity contribution in [2.45, 2.75) is 39.2 Å². The fraction of sp³-hybridized carbons (Fsp3) is 0.269.